The lowest BCUT2D eigenvalue weighted by molar-refractivity contribution is -0.135. The molecule has 2 saturated heterocycles. The number of carbonyl (C=O) groups is 1. The van der Waals surface area contributed by atoms with E-state index in [2.05, 4.69) is 32.9 Å². The zero-order valence-electron chi connectivity index (χ0n) is 18.0. The van der Waals surface area contributed by atoms with Crippen LogP contribution in [0.4, 0.5) is 0 Å². The second-order valence-corrected chi connectivity index (χ2v) is 8.84. The maximum Gasteiger partial charge on any atom is 0.236 e. The van der Waals surface area contributed by atoms with Gasteiger partial charge in [-0.25, -0.2) is 0 Å². The maximum atomic E-state index is 12.7. The topological polar surface area (TPSA) is 50.3 Å². The number of aliphatic hydroxyl groups is 1. The molecule has 2 aliphatic heterocycles. The Morgan fingerprint density at radius 3 is 2.33 bits per heavy atom. The van der Waals surface area contributed by atoms with Gasteiger partial charge >= 0.3 is 0 Å². The molecular weight excluding hydrogens is 376 g/mol. The Bertz CT molecular complexity index is 690. The number of benzene rings is 1. The van der Waals surface area contributed by atoms with Gasteiger partial charge in [0.25, 0.3) is 0 Å². The van der Waals surface area contributed by atoms with E-state index in [1.165, 1.54) is 19.3 Å². The largest absolute Gasteiger partial charge is 0.378 e. The highest BCUT2D eigenvalue weighted by Crippen LogP contribution is 2.25. The van der Waals surface area contributed by atoms with E-state index >= 15 is 0 Å². The van der Waals surface area contributed by atoms with Crippen molar-refractivity contribution in [3.05, 3.63) is 42.0 Å². The summed E-state index contributed by atoms with van der Waals surface area (Å²) in [5.74, 6) is 0.267. The lowest BCUT2D eigenvalue weighted by atomic mass is 9.91. The van der Waals surface area contributed by atoms with Crippen LogP contribution in [0.15, 0.2) is 36.4 Å². The number of carbonyl (C=O) groups excluding carboxylic acids is 1. The molecule has 1 aromatic rings. The molecule has 3 aliphatic rings. The highest BCUT2D eigenvalue weighted by atomic mass is 16.3. The first-order chi connectivity index (χ1) is 14.7. The molecule has 0 bridgehead atoms. The molecule has 1 N–H and O–H groups in total. The van der Waals surface area contributed by atoms with Gasteiger partial charge in [-0.15, -0.1) is 0 Å². The van der Waals surface area contributed by atoms with Crippen molar-refractivity contribution in [2.75, 3.05) is 58.9 Å². The molecule has 0 spiro atoms. The molecule has 6 nitrogen and oxygen atoms in total. The predicted octanol–water partition coefficient (Wildman–Crippen LogP) is 1.72. The highest BCUT2D eigenvalue weighted by Gasteiger charge is 2.30. The van der Waals surface area contributed by atoms with Crippen LogP contribution >= 0.6 is 0 Å². The van der Waals surface area contributed by atoms with E-state index in [0.717, 1.165) is 64.0 Å². The van der Waals surface area contributed by atoms with Crippen molar-refractivity contribution >= 4 is 12.0 Å². The Morgan fingerprint density at radius 1 is 1.00 bits per heavy atom. The van der Waals surface area contributed by atoms with Gasteiger partial charge in [0.2, 0.25) is 5.91 Å². The molecular formula is C24H36N4O2. The zero-order chi connectivity index (χ0) is 20.8. The summed E-state index contributed by atoms with van der Waals surface area (Å²) in [4.78, 5) is 21.7. The Hall–Kier alpha value is -1.73. The van der Waals surface area contributed by atoms with Crippen molar-refractivity contribution in [2.45, 2.75) is 38.0 Å². The number of rotatable bonds is 7. The van der Waals surface area contributed by atoms with Gasteiger partial charge in [0.05, 0.1) is 6.54 Å². The smallest absolute Gasteiger partial charge is 0.236 e. The van der Waals surface area contributed by atoms with Crippen molar-refractivity contribution < 1.29 is 9.90 Å². The summed E-state index contributed by atoms with van der Waals surface area (Å²) in [6.45, 7) is 7.64. The van der Waals surface area contributed by atoms with E-state index in [1.54, 1.807) is 0 Å². The average Bonchev–Trinajstić information content (AvgIpc) is 2.74. The highest BCUT2D eigenvalue weighted by molar-refractivity contribution is 5.78. The minimum Gasteiger partial charge on any atom is -0.378 e. The van der Waals surface area contributed by atoms with Crippen LogP contribution in [0.5, 0.6) is 0 Å². The molecule has 6 heteroatoms. The first kappa shape index (κ1) is 21.5. The van der Waals surface area contributed by atoms with Crippen molar-refractivity contribution in [1.82, 2.24) is 19.6 Å². The fourth-order valence-corrected chi connectivity index (χ4v) is 4.64. The number of hydrogen-bond donors (Lipinski definition) is 1. The van der Waals surface area contributed by atoms with Gasteiger partial charge in [0, 0.05) is 64.8 Å². The molecule has 3 fully saturated rings. The van der Waals surface area contributed by atoms with Crippen molar-refractivity contribution in [1.29, 1.82) is 0 Å². The summed E-state index contributed by atoms with van der Waals surface area (Å²) in [5, 5.41) is 10.5. The van der Waals surface area contributed by atoms with Crippen molar-refractivity contribution in [2.24, 2.45) is 0 Å². The van der Waals surface area contributed by atoms with E-state index in [1.807, 2.05) is 29.2 Å². The van der Waals surface area contributed by atoms with Gasteiger partial charge in [-0.3, -0.25) is 19.5 Å². The summed E-state index contributed by atoms with van der Waals surface area (Å²) >= 11 is 0. The second kappa shape index (κ2) is 10.5. The first-order valence-electron chi connectivity index (χ1n) is 11.6. The van der Waals surface area contributed by atoms with E-state index in [-0.39, 0.29) is 5.91 Å². The number of aliphatic hydroxyl groups excluding tert-OH is 1. The minimum absolute atomic E-state index is 0.267. The molecule has 164 valence electrons. The molecule has 30 heavy (non-hydrogen) atoms. The number of nitrogens with zero attached hydrogens (tertiary/aromatic N) is 4. The quantitative estimate of drug-likeness (QED) is 0.739. The van der Waals surface area contributed by atoms with E-state index < -0.39 is 6.23 Å². The average molecular weight is 413 g/mol. The first-order valence-corrected chi connectivity index (χ1v) is 11.6. The molecule has 1 saturated carbocycles. The zero-order valence-corrected chi connectivity index (χ0v) is 18.0. The molecule has 1 amide bonds. The summed E-state index contributed by atoms with van der Waals surface area (Å²) < 4.78 is 0. The molecule has 1 aliphatic carbocycles. The Kier molecular flexibility index (Phi) is 7.55. The van der Waals surface area contributed by atoms with Gasteiger partial charge in [0.15, 0.2) is 0 Å². The van der Waals surface area contributed by atoms with Crippen molar-refractivity contribution in [3.8, 4) is 0 Å². The number of piperazine rings is 2. The molecule has 4 rings (SSSR count). The van der Waals surface area contributed by atoms with Gasteiger partial charge in [-0.05, 0) is 18.4 Å². The summed E-state index contributed by atoms with van der Waals surface area (Å²) in [7, 11) is 0. The van der Waals surface area contributed by atoms with Crippen LogP contribution in [-0.4, -0.2) is 102 Å². The Morgan fingerprint density at radius 2 is 1.70 bits per heavy atom. The number of amides is 1. The molecule has 1 atom stereocenters. The third kappa shape index (κ3) is 5.70. The van der Waals surface area contributed by atoms with Crippen LogP contribution in [0.25, 0.3) is 6.08 Å². The van der Waals surface area contributed by atoms with E-state index in [9.17, 15) is 9.90 Å². The van der Waals surface area contributed by atoms with Gasteiger partial charge in [0.1, 0.15) is 6.23 Å². The molecule has 1 unspecified atom stereocenters. The number of hydrogen-bond acceptors (Lipinski definition) is 5. The van der Waals surface area contributed by atoms with Crippen LogP contribution < -0.4 is 0 Å². The lowest BCUT2D eigenvalue weighted by Gasteiger charge is -2.43. The molecule has 1 aromatic carbocycles. The second-order valence-electron chi connectivity index (χ2n) is 8.84. The monoisotopic (exact) mass is 412 g/mol. The molecule has 0 radical (unpaired) electrons. The van der Waals surface area contributed by atoms with Crippen molar-refractivity contribution in [3.63, 3.8) is 0 Å². The normalized spacial score (nSPS) is 23.6. The van der Waals surface area contributed by atoms with Crippen LogP contribution in [-0.2, 0) is 4.79 Å². The fourth-order valence-electron chi connectivity index (χ4n) is 4.64. The predicted molar refractivity (Wildman–Crippen MR) is 120 cm³/mol. The van der Waals surface area contributed by atoms with Gasteiger partial charge < -0.3 is 10.0 Å². The van der Waals surface area contributed by atoms with E-state index in [0.29, 0.717) is 13.0 Å². The van der Waals surface area contributed by atoms with Crippen LogP contribution in [0, 0.1) is 0 Å². The fraction of sp³-hybridized carbons (Fsp3) is 0.625. The standard InChI is InChI=1S/C24H36N4O2/c29-23(11-4-8-21-6-2-1-3-7-21)27-14-12-25(13-15-27)20-24(30)28-18-16-26(17-19-28)22-9-5-10-22/h1-4,6-8,22-23,29H,5,9-20H2/b8-4+. The van der Waals surface area contributed by atoms with E-state index in [4.69, 9.17) is 0 Å². The van der Waals surface area contributed by atoms with Crippen LogP contribution in [0.2, 0.25) is 0 Å². The summed E-state index contributed by atoms with van der Waals surface area (Å²) in [5.41, 5.74) is 1.15. The maximum absolute atomic E-state index is 12.7. The third-order valence-corrected chi connectivity index (χ3v) is 6.90. The summed E-state index contributed by atoms with van der Waals surface area (Å²) in [6.07, 6.45) is 8.31. The summed E-state index contributed by atoms with van der Waals surface area (Å²) in [6, 6.07) is 10.9. The molecule has 0 aromatic heterocycles. The minimum atomic E-state index is -0.456. The van der Waals surface area contributed by atoms with Gasteiger partial charge in [-0.2, -0.15) is 0 Å². The SMILES string of the molecule is O=C(CN1CCN(C(O)C/C=C/c2ccccc2)CC1)N1CCN(C2CCC2)CC1. The third-order valence-electron chi connectivity index (χ3n) is 6.90. The Balaban J connectivity index is 1.14. The lowest BCUT2D eigenvalue weighted by Crippen LogP contribution is -2.56. The van der Waals surface area contributed by atoms with Crippen LogP contribution in [0.3, 0.4) is 0 Å². The van der Waals surface area contributed by atoms with Crippen LogP contribution in [0.1, 0.15) is 31.2 Å². The molecule has 2 heterocycles. The van der Waals surface area contributed by atoms with Gasteiger partial charge in [-0.1, -0.05) is 48.9 Å². The Labute approximate surface area is 180 Å².